The fraction of sp³-hybridized carbons (Fsp3) is 0.0645. The molecule has 5 aromatic rings. The van der Waals surface area contributed by atoms with Crippen LogP contribution in [0.15, 0.2) is 126 Å². The lowest BCUT2D eigenvalue weighted by atomic mass is 9.69. The maximum atomic E-state index is 6.20. The summed E-state index contributed by atoms with van der Waals surface area (Å²) in [5.74, 6) is 0.852. The number of pyridine rings is 1. The van der Waals surface area contributed by atoms with Gasteiger partial charge in [0, 0.05) is 22.5 Å². The van der Waals surface area contributed by atoms with Crippen molar-refractivity contribution in [2.75, 3.05) is 5.73 Å². The van der Waals surface area contributed by atoms with Crippen molar-refractivity contribution < 1.29 is 0 Å². The Kier molecular flexibility index (Phi) is 5.20. The summed E-state index contributed by atoms with van der Waals surface area (Å²) in [5, 5.41) is 0. The molecule has 2 N–H and O–H groups in total. The number of rotatable bonds is 5. The van der Waals surface area contributed by atoms with E-state index in [2.05, 4.69) is 91.0 Å². The van der Waals surface area contributed by atoms with Crippen molar-refractivity contribution in [3.8, 4) is 11.1 Å². The first-order valence-electron chi connectivity index (χ1n) is 11.5. The molecule has 164 valence electrons. The third kappa shape index (κ3) is 3.24. The second kappa shape index (κ2) is 8.51. The molecule has 0 aliphatic heterocycles. The average Bonchev–Trinajstić information content (AvgIpc) is 3.20. The van der Waals surface area contributed by atoms with Gasteiger partial charge < -0.3 is 5.73 Å². The third-order valence-electron chi connectivity index (χ3n) is 6.68. The van der Waals surface area contributed by atoms with Crippen LogP contribution >= 0.6 is 11.8 Å². The molecule has 0 amide bonds. The molecule has 1 aliphatic carbocycles. The van der Waals surface area contributed by atoms with E-state index in [1.165, 1.54) is 33.4 Å². The number of nitrogen functional groups attached to an aromatic ring is 1. The van der Waals surface area contributed by atoms with E-state index in [0.717, 1.165) is 22.0 Å². The largest absolute Gasteiger partial charge is 0.398 e. The number of benzene rings is 4. The molecule has 0 radical (unpaired) electrons. The monoisotopic (exact) mass is 456 g/mol. The Bertz CT molecular complexity index is 1420. The zero-order valence-electron chi connectivity index (χ0n) is 18.7. The van der Waals surface area contributed by atoms with Crippen LogP contribution in [0.1, 0.15) is 27.9 Å². The second-order valence-electron chi connectivity index (χ2n) is 8.58. The number of aromatic nitrogens is 1. The van der Waals surface area contributed by atoms with Crippen LogP contribution in [0.4, 0.5) is 5.69 Å². The van der Waals surface area contributed by atoms with E-state index < -0.39 is 5.41 Å². The summed E-state index contributed by atoms with van der Waals surface area (Å²) >= 11 is 1.78. The van der Waals surface area contributed by atoms with E-state index in [1.807, 2.05) is 30.5 Å². The van der Waals surface area contributed by atoms with Crippen LogP contribution in [0.25, 0.3) is 11.1 Å². The fourth-order valence-corrected chi connectivity index (χ4v) is 6.11. The molecule has 1 heterocycles. The van der Waals surface area contributed by atoms with E-state index in [-0.39, 0.29) is 0 Å². The maximum absolute atomic E-state index is 6.20. The zero-order valence-corrected chi connectivity index (χ0v) is 19.5. The lowest BCUT2D eigenvalue weighted by Crippen LogP contribution is -2.29. The van der Waals surface area contributed by atoms with Gasteiger partial charge in [0.15, 0.2) is 0 Å². The minimum absolute atomic E-state index is 0.457. The summed E-state index contributed by atoms with van der Waals surface area (Å²) in [6, 6.07) is 40.8. The molecule has 0 saturated heterocycles. The molecule has 34 heavy (non-hydrogen) atoms. The summed E-state index contributed by atoms with van der Waals surface area (Å²) in [7, 11) is 0. The van der Waals surface area contributed by atoms with Gasteiger partial charge in [-0.25, -0.2) is 0 Å². The first-order valence-corrected chi connectivity index (χ1v) is 12.4. The van der Waals surface area contributed by atoms with Crippen LogP contribution in [0, 0.1) is 0 Å². The predicted octanol–water partition coefficient (Wildman–Crippen LogP) is 7.32. The predicted molar refractivity (Wildman–Crippen MR) is 142 cm³/mol. The molecule has 1 aromatic heterocycles. The average molecular weight is 457 g/mol. The number of nitrogens with zero attached hydrogens (tertiary/aromatic N) is 1. The smallest absolute Gasteiger partial charge is 0.0885 e. The molecular formula is C31H24N2S. The molecule has 0 fully saturated rings. The third-order valence-corrected chi connectivity index (χ3v) is 7.84. The van der Waals surface area contributed by atoms with Crippen molar-refractivity contribution in [3.63, 3.8) is 0 Å². The SMILES string of the molecule is Nc1ccccc1SCc1ccc2c(c1)C(c1ccccc1)(c1ccccn1)c1ccccc1-2. The molecule has 1 unspecified atom stereocenters. The number of para-hydroxylation sites is 1. The molecule has 1 atom stereocenters. The van der Waals surface area contributed by atoms with E-state index in [9.17, 15) is 0 Å². The Hall–Kier alpha value is -3.82. The molecule has 2 nitrogen and oxygen atoms in total. The minimum Gasteiger partial charge on any atom is -0.398 e. The van der Waals surface area contributed by atoms with Gasteiger partial charge in [-0.3, -0.25) is 4.98 Å². The summed E-state index contributed by atoms with van der Waals surface area (Å²) in [6.45, 7) is 0. The van der Waals surface area contributed by atoms with Gasteiger partial charge in [0.1, 0.15) is 0 Å². The highest BCUT2D eigenvalue weighted by Crippen LogP contribution is 2.55. The normalized spacial score (nSPS) is 16.1. The van der Waals surface area contributed by atoms with Gasteiger partial charge in [0.05, 0.1) is 11.1 Å². The number of nitrogens with two attached hydrogens (primary N) is 1. The standard InChI is InChI=1S/C31H24N2S/c32-28-14-6-7-15-29(28)34-21-22-17-18-25-24-12-4-5-13-26(24)31(27(25)20-22,23-10-2-1-3-11-23)30-16-8-9-19-33-30/h1-20H,21,32H2. The highest BCUT2D eigenvalue weighted by atomic mass is 32.2. The lowest BCUT2D eigenvalue weighted by molar-refractivity contribution is 0.734. The topological polar surface area (TPSA) is 38.9 Å². The van der Waals surface area contributed by atoms with Crippen molar-refractivity contribution in [2.45, 2.75) is 16.1 Å². The molecule has 1 aliphatic rings. The number of hydrogen-bond acceptors (Lipinski definition) is 3. The Labute approximate surface area is 204 Å². The van der Waals surface area contributed by atoms with Crippen molar-refractivity contribution >= 4 is 17.4 Å². The van der Waals surface area contributed by atoms with Crippen LogP contribution in [-0.4, -0.2) is 4.98 Å². The van der Waals surface area contributed by atoms with Gasteiger partial charge in [-0.1, -0.05) is 91.0 Å². The van der Waals surface area contributed by atoms with Crippen LogP contribution < -0.4 is 5.73 Å². The Morgan fingerprint density at radius 1 is 0.676 bits per heavy atom. The highest BCUT2D eigenvalue weighted by Gasteiger charge is 2.47. The fourth-order valence-electron chi connectivity index (χ4n) is 5.20. The van der Waals surface area contributed by atoms with E-state index in [0.29, 0.717) is 0 Å². The summed E-state index contributed by atoms with van der Waals surface area (Å²) in [4.78, 5) is 6.04. The molecular weight excluding hydrogens is 432 g/mol. The minimum atomic E-state index is -0.457. The van der Waals surface area contributed by atoms with Gasteiger partial charge in [0.2, 0.25) is 0 Å². The molecule has 0 spiro atoms. The number of fused-ring (bicyclic) bond motifs is 3. The van der Waals surface area contributed by atoms with Gasteiger partial charge in [-0.2, -0.15) is 0 Å². The molecule has 6 rings (SSSR count). The van der Waals surface area contributed by atoms with Crippen molar-refractivity contribution in [1.29, 1.82) is 0 Å². The van der Waals surface area contributed by atoms with Crippen molar-refractivity contribution in [3.05, 3.63) is 149 Å². The van der Waals surface area contributed by atoms with E-state index in [4.69, 9.17) is 10.7 Å². The Balaban J connectivity index is 1.56. The summed E-state index contributed by atoms with van der Waals surface area (Å²) in [6.07, 6.45) is 1.90. The van der Waals surface area contributed by atoms with Crippen LogP contribution in [0.3, 0.4) is 0 Å². The number of hydrogen-bond donors (Lipinski definition) is 1. The van der Waals surface area contributed by atoms with Gasteiger partial charge in [-0.05, 0) is 57.6 Å². The van der Waals surface area contributed by atoms with Gasteiger partial charge in [-0.15, -0.1) is 11.8 Å². The zero-order chi connectivity index (χ0) is 23.0. The molecule has 0 saturated carbocycles. The summed E-state index contributed by atoms with van der Waals surface area (Å²) < 4.78 is 0. The highest BCUT2D eigenvalue weighted by molar-refractivity contribution is 7.98. The molecule has 0 bridgehead atoms. The van der Waals surface area contributed by atoms with Crippen LogP contribution in [0.2, 0.25) is 0 Å². The molecule has 3 heteroatoms. The lowest BCUT2D eigenvalue weighted by Gasteiger charge is -2.32. The summed E-state index contributed by atoms with van der Waals surface area (Å²) in [5.41, 5.74) is 15.2. The first-order chi connectivity index (χ1) is 16.8. The van der Waals surface area contributed by atoms with Gasteiger partial charge >= 0.3 is 0 Å². The first kappa shape index (κ1) is 20.8. The number of thioether (sulfide) groups is 1. The second-order valence-corrected chi connectivity index (χ2v) is 9.60. The van der Waals surface area contributed by atoms with E-state index >= 15 is 0 Å². The van der Waals surface area contributed by atoms with Gasteiger partial charge in [0.25, 0.3) is 0 Å². The quantitative estimate of drug-likeness (QED) is 0.218. The molecule has 4 aromatic carbocycles. The Morgan fingerprint density at radius 3 is 2.24 bits per heavy atom. The Morgan fingerprint density at radius 2 is 1.41 bits per heavy atom. The maximum Gasteiger partial charge on any atom is 0.0885 e. The van der Waals surface area contributed by atoms with Crippen LogP contribution in [-0.2, 0) is 11.2 Å². The van der Waals surface area contributed by atoms with Crippen molar-refractivity contribution in [1.82, 2.24) is 4.98 Å². The number of anilines is 1. The van der Waals surface area contributed by atoms with Crippen LogP contribution in [0.5, 0.6) is 0 Å². The van der Waals surface area contributed by atoms with Crippen molar-refractivity contribution in [2.24, 2.45) is 0 Å². The van der Waals surface area contributed by atoms with E-state index in [1.54, 1.807) is 11.8 Å².